The first-order valence-electron chi connectivity index (χ1n) is 2.85. The van der Waals surface area contributed by atoms with Crippen LogP contribution in [0.4, 0.5) is 3.89 Å². The zero-order chi connectivity index (χ0) is 7.78. The SMILES string of the molecule is N#C[C@H]1C[C@H]1CS(=O)(=O)F. The Bertz CT molecular complexity index is 266. The average Bonchev–Trinajstić information content (AvgIpc) is 2.42. The van der Waals surface area contributed by atoms with Crippen LogP contribution in [0.25, 0.3) is 0 Å². The first-order chi connectivity index (χ1) is 4.53. The van der Waals surface area contributed by atoms with Crippen LogP contribution in [0.15, 0.2) is 0 Å². The van der Waals surface area contributed by atoms with Crippen molar-refractivity contribution in [2.75, 3.05) is 5.75 Å². The number of hydrogen-bond acceptors (Lipinski definition) is 3. The van der Waals surface area contributed by atoms with Crippen molar-refractivity contribution in [3.05, 3.63) is 0 Å². The quantitative estimate of drug-likeness (QED) is 0.555. The molecule has 5 heteroatoms. The summed E-state index contributed by atoms with van der Waals surface area (Å²) in [5.74, 6) is -0.962. The zero-order valence-corrected chi connectivity index (χ0v) is 5.94. The fourth-order valence-electron chi connectivity index (χ4n) is 0.846. The molecular formula is C5H6FNO2S. The Kier molecular flexibility index (Phi) is 1.65. The van der Waals surface area contributed by atoms with E-state index in [1.807, 2.05) is 6.07 Å². The standard InChI is InChI=1S/C5H6FNO2S/c6-10(8,9)3-5-1-4(5)2-7/h4-5H,1,3H2/t4-,5+/m1/s1. The third kappa shape index (κ3) is 1.95. The Labute approximate surface area is 58.7 Å². The molecule has 10 heavy (non-hydrogen) atoms. The molecule has 0 aliphatic heterocycles. The van der Waals surface area contributed by atoms with Gasteiger partial charge in [0.25, 0.3) is 0 Å². The van der Waals surface area contributed by atoms with Gasteiger partial charge in [-0.1, -0.05) is 0 Å². The van der Waals surface area contributed by atoms with Crippen LogP contribution in [0.2, 0.25) is 0 Å². The average molecular weight is 163 g/mol. The third-order valence-electron chi connectivity index (χ3n) is 1.50. The van der Waals surface area contributed by atoms with Gasteiger partial charge in [0.1, 0.15) is 0 Å². The minimum absolute atomic E-state index is 0.231. The zero-order valence-electron chi connectivity index (χ0n) is 5.12. The second-order valence-electron chi connectivity index (χ2n) is 2.44. The molecule has 1 saturated carbocycles. The molecule has 0 spiro atoms. The predicted octanol–water partition coefficient (Wildman–Crippen LogP) is 0.445. The number of nitriles is 1. The van der Waals surface area contributed by atoms with E-state index in [1.54, 1.807) is 0 Å². The lowest BCUT2D eigenvalue weighted by Crippen LogP contribution is -2.01. The Morgan fingerprint density at radius 2 is 2.30 bits per heavy atom. The van der Waals surface area contributed by atoms with E-state index in [2.05, 4.69) is 0 Å². The van der Waals surface area contributed by atoms with E-state index in [1.165, 1.54) is 0 Å². The summed E-state index contributed by atoms with van der Waals surface area (Å²) in [6.07, 6.45) is 0.527. The summed E-state index contributed by atoms with van der Waals surface area (Å²) in [7, 11) is -4.35. The van der Waals surface area contributed by atoms with E-state index < -0.39 is 16.0 Å². The topological polar surface area (TPSA) is 57.9 Å². The Hall–Kier alpha value is -0.630. The van der Waals surface area contributed by atoms with Crippen molar-refractivity contribution in [3.63, 3.8) is 0 Å². The molecule has 0 N–H and O–H groups in total. The molecule has 3 nitrogen and oxygen atoms in total. The Balaban J connectivity index is 2.40. The van der Waals surface area contributed by atoms with Gasteiger partial charge in [0.2, 0.25) is 0 Å². The van der Waals surface area contributed by atoms with Crippen molar-refractivity contribution in [2.24, 2.45) is 11.8 Å². The van der Waals surface area contributed by atoms with E-state index in [0.29, 0.717) is 6.42 Å². The maximum atomic E-state index is 11.9. The van der Waals surface area contributed by atoms with Crippen molar-refractivity contribution in [1.29, 1.82) is 5.26 Å². The van der Waals surface area contributed by atoms with Gasteiger partial charge in [0.05, 0.1) is 17.7 Å². The highest BCUT2D eigenvalue weighted by Crippen LogP contribution is 2.38. The molecule has 56 valence electrons. The molecule has 0 radical (unpaired) electrons. The number of rotatable bonds is 2. The van der Waals surface area contributed by atoms with Crippen LogP contribution < -0.4 is 0 Å². The highest BCUT2D eigenvalue weighted by molar-refractivity contribution is 7.86. The predicted molar refractivity (Wildman–Crippen MR) is 32.1 cm³/mol. The molecule has 0 aromatic heterocycles. The molecule has 1 fully saturated rings. The van der Waals surface area contributed by atoms with Gasteiger partial charge in [0.15, 0.2) is 0 Å². The van der Waals surface area contributed by atoms with E-state index in [9.17, 15) is 12.3 Å². The largest absolute Gasteiger partial charge is 0.302 e. The smallest absolute Gasteiger partial charge is 0.198 e. The fraction of sp³-hybridized carbons (Fsp3) is 0.800. The van der Waals surface area contributed by atoms with Crippen LogP contribution in [-0.2, 0) is 10.2 Å². The summed E-state index contributed by atoms with van der Waals surface area (Å²) in [5.41, 5.74) is 0. The van der Waals surface area contributed by atoms with Gasteiger partial charge in [-0.2, -0.15) is 13.7 Å². The van der Waals surface area contributed by atoms with Crippen molar-refractivity contribution in [1.82, 2.24) is 0 Å². The van der Waals surface area contributed by atoms with Crippen LogP contribution in [-0.4, -0.2) is 14.2 Å². The summed E-state index contributed by atoms with van der Waals surface area (Å²) in [6, 6.07) is 1.88. The Morgan fingerprint density at radius 1 is 1.70 bits per heavy atom. The molecular weight excluding hydrogens is 157 g/mol. The van der Waals surface area contributed by atoms with Crippen molar-refractivity contribution in [3.8, 4) is 6.07 Å². The van der Waals surface area contributed by atoms with E-state index in [0.717, 1.165) is 0 Å². The highest BCUT2D eigenvalue weighted by Gasteiger charge is 2.40. The van der Waals surface area contributed by atoms with Crippen LogP contribution in [0.3, 0.4) is 0 Å². The summed E-state index contributed by atoms with van der Waals surface area (Å²) >= 11 is 0. The number of halogens is 1. The van der Waals surface area contributed by atoms with Gasteiger partial charge in [0, 0.05) is 0 Å². The second-order valence-corrected chi connectivity index (χ2v) is 3.85. The van der Waals surface area contributed by atoms with Crippen LogP contribution in [0.5, 0.6) is 0 Å². The maximum absolute atomic E-state index is 11.9. The summed E-state index contributed by atoms with van der Waals surface area (Å²) in [6.45, 7) is 0. The lowest BCUT2D eigenvalue weighted by Gasteiger charge is -1.86. The fourth-order valence-corrected chi connectivity index (χ4v) is 1.73. The van der Waals surface area contributed by atoms with Gasteiger partial charge >= 0.3 is 10.2 Å². The lowest BCUT2D eigenvalue weighted by atomic mass is 10.4. The molecule has 0 aromatic carbocycles. The van der Waals surface area contributed by atoms with Crippen molar-refractivity contribution in [2.45, 2.75) is 6.42 Å². The molecule has 1 aliphatic rings. The van der Waals surface area contributed by atoms with Crippen molar-refractivity contribution < 1.29 is 12.3 Å². The number of nitrogens with zero attached hydrogens (tertiary/aromatic N) is 1. The first kappa shape index (κ1) is 7.48. The molecule has 2 atom stereocenters. The summed E-state index contributed by atoms with van der Waals surface area (Å²) < 4.78 is 31.8. The lowest BCUT2D eigenvalue weighted by molar-refractivity contribution is 0.547. The third-order valence-corrected chi connectivity index (χ3v) is 2.33. The van der Waals surface area contributed by atoms with Gasteiger partial charge < -0.3 is 0 Å². The number of hydrogen-bond donors (Lipinski definition) is 0. The van der Waals surface area contributed by atoms with E-state index >= 15 is 0 Å². The summed E-state index contributed by atoms with van der Waals surface area (Å²) in [4.78, 5) is 0. The van der Waals surface area contributed by atoms with Crippen LogP contribution in [0.1, 0.15) is 6.42 Å². The van der Waals surface area contributed by atoms with Crippen LogP contribution in [0, 0.1) is 23.2 Å². The van der Waals surface area contributed by atoms with Crippen LogP contribution >= 0.6 is 0 Å². The molecule has 0 saturated heterocycles. The van der Waals surface area contributed by atoms with E-state index in [4.69, 9.17) is 5.26 Å². The van der Waals surface area contributed by atoms with Crippen molar-refractivity contribution >= 4 is 10.2 Å². The van der Waals surface area contributed by atoms with Gasteiger partial charge in [-0.3, -0.25) is 0 Å². The highest BCUT2D eigenvalue weighted by atomic mass is 32.3. The van der Waals surface area contributed by atoms with E-state index in [-0.39, 0.29) is 11.8 Å². The maximum Gasteiger partial charge on any atom is 0.302 e. The van der Waals surface area contributed by atoms with Gasteiger partial charge in [-0.05, 0) is 12.3 Å². The normalized spacial score (nSPS) is 31.2. The van der Waals surface area contributed by atoms with Gasteiger partial charge in [-0.25, -0.2) is 0 Å². The minimum Gasteiger partial charge on any atom is -0.198 e. The molecule has 1 rings (SSSR count). The minimum atomic E-state index is -4.35. The molecule has 1 aliphatic carbocycles. The molecule has 0 bridgehead atoms. The molecule has 0 unspecified atom stereocenters. The summed E-state index contributed by atoms with van der Waals surface area (Å²) in [5, 5.41) is 8.21. The Morgan fingerprint density at radius 3 is 2.60 bits per heavy atom. The molecule has 0 heterocycles. The monoisotopic (exact) mass is 163 g/mol. The van der Waals surface area contributed by atoms with Gasteiger partial charge in [-0.15, -0.1) is 3.89 Å². The second kappa shape index (κ2) is 2.20. The first-order valence-corrected chi connectivity index (χ1v) is 4.40. The molecule has 0 amide bonds. The molecule has 0 aromatic rings.